The normalized spacial score (nSPS) is 16.6. The van der Waals surface area contributed by atoms with E-state index in [4.69, 9.17) is 21.1 Å². The summed E-state index contributed by atoms with van der Waals surface area (Å²) in [6.07, 6.45) is 2.45. The summed E-state index contributed by atoms with van der Waals surface area (Å²) in [7, 11) is 1.63. The maximum absolute atomic E-state index is 12.7. The van der Waals surface area contributed by atoms with Crippen molar-refractivity contribution in [1.82, 2.24) is 20.5 Å². The van der Waals surface area contributed by atoms with Gasteiger partial charge in [0.15, 0.2) is 5.82 Å². The summed E-state index contributed by atoms with van der Waals surface area (Å²) in [5.41, 5.74) is 1.89. The molecule has 4 rings (SSSR count). The Bertz CT molecular complexity index is 1020. The molecule has 0 aliphatic carbocycles. The van der Waals surface area contributed by atoms with Crippen LogP contribution >= 0.6 is 23.4 Å². The molecule has 2 N–H and O–H groups in total. The standard InChI is InChI=1S/C23H25ClN4O3S/c1-30-18-10-6-15(7-11-18)20(13-21(29)25-14-19-3-2-12-31-19)32-23-26-22(27-28-23)16-4-8-17(24)9-5-16/h4-11,19-20H,2-3,12-14H2,1H3,(H,25,29)(H,26,27,28)/t19-,20-/m0/s1. The van der Waals surface area contributed by atoms with Crippen molar-refractivity contribution in [3.05, 3.63) is 59.1 Å². The smallest absolute Gasteiger partial charge is 0.221 e. The number of halogens is 1. The average molecular weight is 473 g/mol. The highest BCUT2D eigenvalue weighted by Crippen LogP contribution is 2.37. The van der Waals surface area contributed by atoms with E-state index in [0.29, 0.717) is 29.0 Å². The summed E-state index contributed by atoms with van der Waals surface area (Å²) >= 11 is 7.42. The summed E-state index contributed by atoms with van der Waals surface area (Å²) < 4.78 is 10.9. The molecule has 1 aromatic heterocycles. The molecule has 2 atom stereocenters. The van der Waals surface area contributed by atoms with E-state index in [1.54, 1.807) is 7.11 Å². The highest BCUT2D eigenvalue weighted by molar-refractivity contribution is 7.99. The van der Waals surface area contributed by atoms with Crippen LogP contribution in [0, 0.1) is 0 Å². The maximum atomic E-state index is 12.7. The molecule has 0 saturated carbocycles. The number of hydrogen-bond acceptors (Lipinski definition) is 6. The molecule has 1 fully saturated rings. The van der Waals surface area contributed by atoms with E-state index in [2.05, 4.69) is 20.5 Å². The van der Waals surface area contributed by atoms with Crippen molar-refractivity contribution >= 4 is 29.3 Å². The molecule has 0 radical (unpaired) electrons. The van der Waals surface area contributed by atoms with Crippen LogP contribution in [0.1, 0.15) is 30.1 Å². The van der Waals surface area contributed by atoms with Crippen molar-refractivity contribution in [3.8, 4) is 17.1 Å². The number of ether oxygens (including phenoxy) is 2. The molecule has 2 aromatic carbocycles. The van der Waals surface area contributed by atoms with Crippen molar-refractivity contribution in [1.29, 1.82) is 0 Å². The zero-order valence-electron chi connectivity index (χ0n) is 17.7. The molecule has 1 aliphatic heterocycles. The number of carbonyl (C=O) groups excluding carboxylic acids is 1. The largest absolute Gasteiger partial charge is 0.497 e. The minimum absolute atomic E-state index is 0.0257. The molecule has 7 nitrogen and oxygen atoms in total. The minimum atomic E-state index is -0.153. The third-order valence-corrected chi connectivity index (χ3v) is 6.61. The number of aromatic nitrogens is 3. The van der Waals surface area contributed by atoms with Gasteiger partial charge < -0.3 is 14.8 Å². The molecule has 1 saturated heterocycles. The fourth-order valence-electron chi connectivity index (χ4n) is 3.48. The van der Waals surface area contributed by atoms with E-state index < -0.39 is 0 Å². The van der Waals surface area contributed by atoms with Gasteiger partial charge in [0.1, 0.15) is 5.75 Å². The average Bonchev–Trinajstić information content (AvgIpc) is 3.50. The Balaban J connectivity index is 1.46. The summed E-state index contributed by atoms with van der Waals surface area (Å²) in [4.78, 5) is 17.3. The molecule has 2 heterocycles. The minimum Gasteiger partial charge on any atom is -0.497 e. The highest BCUT2D eigenvalue weighted by Gasteiger charge is 2.22. The number of benzene rings is 2. The van der Waals surface area contributed by atoms with Crippen molar-refractivity contribution in [2.24, 2.45) is 0 Å². The number of aromatic amines is 1. The first-order chi connectivity index (χ1) is 15.6. The highest BCUT2D eigenvalue weighted by atomic mass is 35.5. The molecule has 1 aliphatic rings. The second-order valence-corrected chi connectivity index (χ2v) is 9.10. The van der Waals surface area contributed by atoms with Crippen molar-refractivity contribution < 1.29 is 14.3 Å². The maximum Gasteiger partial charge on any atom is 0.221 e. The summed E-state index contributed by atoms with van der Waals surface area (Å²) in [5, 5.41) is 11.4. The number of amides is 1. The molecule has 0 bridgehead atoms. The number of nitrogens with zero attached hydrogens (tertiary/aromatic N) is 2. The SMILES string of the molecule is COc1ccc([C@H](CC(=O)NC[C@@H]2CCCO2)Sc2n[nH]c(-c3ccc(Cl)cc3)n2)cc1. The topological polar surface area (TPSA) is 89.1 Å². The number of H-pyrrole nitrogens is 1. The Morgan fingerprint density at radius 2 is 2.06 bits per heavy atom. The van der Waals surface area contributed by atoms with E-state index in [1.165, 1.54) is 11.8 Å². The van der Waals surface area contributed by atoms with Crippen LogP contribution in [0.15, 0.2) is 53.7 Å². The van der Waals surface area contributed by atoms with Gasteiger partial charge in [-0.1, -0.05) is 35.5 Å². The molecule has 32 heavy (non-hydrogen) atoms. The van der Waals surface area contributed by atoms with E-state index in [1.807, 2.05) is 48.5 Å². The molecule has 1 amide bonds. The van der Waals surface area contributed by atoms with Gasteiger partial charge in [-0.15, -0.1) is 5.10 Å². The predicted octanol–water partition coefficient (Wildman–Crippen LogP) is 4.65. The molecular weight excluding hydrogens is 448 g/mol. The van der Waals surface area contributed by atoms with E-state index >= 15 is 0 Å². The number of nitrogens with one attached hydrogen (secondary N) is 2. The summed E-state index contributed by atoms with van der Waals surface area (Å²) in [6, 6.07) is 15.1. The Kier molecular flexibility index (Phi) is 7.68. The Labute approximate surface area is 196 Å². The monoisotopic (exact) mass is 472 g/mol. The van der Waals surface area contributed by atoms with Gasteiger partial charge in [0, 0.05) is 35.4 Å². The van der Waals surface area contributed by atoms with Gasteiger partial charge in [-0.25, -0.2) is 4.98 Å². The third kappa shape index (κ3) is 6.03. The third-order valence-electron chi connectivity index (χ3n) is 5.24. The molecule has 9 heteroatoms. The number of methoxy groups -OCH3 is 1. The van der Waals surface area contributed by atoms with Crippen LogP contribution in [0.2, 0.25) is 5.02 Å². The lowest BCUT2D eigenvalue weighted by atomic mass is 10.1. The molecular formula is C23H25ClN4O3S. The Morgan fingerprint density at radius 3 is 2.75 bits per heavy atom. The first kappa shape index (κ1) is 22.6. The second kappa shape index (κ2) is 10.8. The number of rotatable bonds is 9. The van der Waals surface area contributed by atoms with Crippen LogP contribution in [0.3, 0.4) is 0 Å². The Morgan fingerprint density at radius 1 is 1.28 bits per heavy atom. The first-order valence-corrected chi connectivity index (χ1v) is 11.7. The molecule has 0 unspecified atom stereocenters. The quantitative estimate of drug-likeness (QED) is 0.440. The van der Waals surface area contributed by atoms with Crippen LogP contribution in [-0.4, -0.2) is 47.5 Å². The summed E-state index contributed by atoms with van der Waals surface area (Å²) in [5.74, 6) is 1.39. The number of carbonyl (C=O) groups is 1. The zero-order chi connectivity index (χ0) is 22.3. The van der Waals surface area contributed by atoms with Gasteiger partial charge in [-0.3, -0.25) is 9.89 Å². The van der Waals surface area contributed by atoms with Crippen LogP contribution in [0.25, 0.3) is 11.4 Å². The molecule has 168 valence electrons. The lowest BCUT2D eigenvalue weighted by Crippen LogP contribution is -2.32. The van der Waals surface area contributed by atoms with Crippen LogP contribution in [0.5, 0.6) is 5.75 Å². The van der Waals surface area contributed by atoms with E-state index in [9.17, 15) is 4.79 Å². The van der Waals surface area contributed by atoms with Gasteiger partial charge in [0.2, 0.25) is 11.1 Å². The van der Waals surface area contributed by atoms with Crippen molar-refractivity contribution in [2.45, 2.75) is 35.8 Å². The summed E-state index contributed by atoms with van der Waals surface area (Å²) in [6.45, 7) is 1.31. The van der Waals surface area contributed by atoms with Crippen LogP contribution in [0.4, 0.5) is 0 Å². The fourth-order valence-corrected chi connectivity index (χ4v) is 4.63. The van der Waals surface area contributed by atoms with E-state index in [0.717, 1.165) is 36.3 Å². The second-order valence-electron chi connectivity index (χ2n) is 7.50. The van der Waals surface area contributed by atoms with Gasteiger partial charge >= 0.3 is 0 Å². The molecule has 3 aromatic rings. The van der Waals surface area contributed by atoms with Crippen LogP contribution < -0.4 is 10.1 Å². The van der Waals surface area contributed by atoms with Gasteiger partial charge in [-0.2, -0.15) is 0 Å². The van der Waals surface area contributed by atoms with Crippen LogP contribution in [-0.2, 0) is 9.53 Å². The first-order valence-electron chi connectivity index (χ1n) is 10.5. The number of thioether (sulfide) groups is 1. The van der Waals surface area contributed by atoms with Gasteiger partial charge in [0.05, 0.1) is 13.2 Å². The van der Waals surface area contributed by atoms with Crippen molar-refractivity contribution in [2.75, 3.05) is 20.3 Å². The zero-order valence-corrected chi connectivity index (χ0v) is 19.3. The van der Waals surface area contributed by atoms with Gasteiger partial charge in [0.25, 0.3) is 0 Å². The lowest BCUT2D eigenvalue weighted by Gasteiger charge is -2.17. The van der Waals surface area contributed by atoms with Gasteiger partial charge in [-0.05, 0) is 54.8 Å². The molecule has 0 spiro atoms. The number of hydrogen-bond donors (Lipinski definition) is 2. The van der Waals surface area contributed by atoms with Crippen molar-refractivity contribution in [3.63, 3.8) is 0 Å². The predicted molar refractivity (Wildman–Crippen MR) is 125 cm³/mol. The lowest BCUT2D eigenvalue weighted by molar-refractivity contribution is -0.121. The fraction of sp³-hybridized carbons (Fsp3) is 0.348. The Hall–Kier alpha value is -2.55. The van der Waals surface area contributed by atoms with E-state index in [-0.39, 0.29) is 17.3 Å².